The van der Waals surface area contributed by atoms with Gasteiger partial charge in [0.05, 0.1) is 35.4 Å². The maximum Gasteiger partial charge on any atom is 0.245 e. The van der Waals surface area contributed by atoms with Gasteiger partial charge in [0.1, 0.15) is 30.7 Å². The molecule has 224 valence electrons. The van der Waals surface area contributed by atoms with E-state index in [4.69, 9.17) is 10.9 Å². The summed E-state index contributed by atoms with van der Waals surface area (Å²) in [7, 11) is -3.86. The summed E-state index contributed by atoms with van der Waals surface area (Å²) in [5.74, 6) is -1.02. The monoisotopic (exact) mass is 608 g/mol. The van der Waals surface area contributed by atoms with Crippen molar-refractivity contribution in [2.75, 3.05) is 6.54 Å². The average Bonchev–Trinajstić information content (AvgIpc) is 3.68. The van der Waals surface area contributed by atoms with Crippen molar-refractivity contribution in [3.05, 3.63) is 71.7 Å². The number of aromatic nitrogens is 4. The Balaban J connectivity index is 1.21. The zero-order valence-electron chi connectivity index (χ0n) is 22.8. The van der Waals surface area contributed by atoms with E-state index >= 15 is 0 Å². The highest BCUT2D eigenvalue weighted by Gasteiger charge is 2.41. The first-order valence-electron chi connectivity index (χ1n) is 13.6. The molecule has 43 heavy (non-hydrogen) atoms. The SMILES string of the molecule is NC(O)c1nn(CC(=O)N2CC(F)CC2C(=O)NC2CCc3cc(S(N)(=O)=O)ccc32)c2ccc(-c3ccnnc3)cc12. The molecule has 13 nitrogen and oxygen atoms in total. The van der Waals surface area contributed by atoms with E-state index in [0.29, 0.717) is 23.7 Å². The van der Waals surface area contributed by atoms with Gasteiger partial charge in [0.15, 0.2) is 0 Å². The van der Waals surface area contributed by atoms with Gasteiger partial charge in [-0.25, -0.2) is 17.9 Å². The molecule has 0 saturated carbocycles. The van der Waals surface area contributed by atoms with E-state index in [1.165, 1.54) is 21.7 Å². The van der Waals surface area contributed by atoms with Crippen LogP contribution in [-0.4, -0.2) is 69.0 Å². The van der Waals surface area contributed by atoms with Crippen LogP contribution in [0.15, 0.2) is 59.8 Å². The number of aryl methyl sites for hydroxylation is 1. The number of amides is 2. The van der Waals surface area contributed by atoms with E-state index in [-0.39, 0.29) is 30.1 Å². The van der Waals surface area contributed by atoms with Gasteiger partial charge in [-0.05, 0) is 59.9 Å². The molecule has 2 amide bonds. The summed E-state index contributed by atoms with van der Waals surface area (Å²) >= 11 is 0. The van der Waals surface area contributed by atoms with Crippen LogP contribution in [0, 0.1) is 0 Å². The molecule has 0 bridgehead atoms. The number of nitrogens with zero attached hydrogens (tertiary/aromatic N) is 5. The highest BCUT2D eigenvalue weighted by molar-refractivity contribution is 7.89. The molecule has 1 saturated heterocycles. The smallest absolute Gasteiger partial charge is 0.245 e. The lowest BCUT2D eigenvalue weighted by molar-refractivity contribution is -0.139. The number of aliphatic hydroxyl groups excluding tert-OH is 1. The Morgan fingerprint density at radius 3 is 2.67 bits per heavy atom. The number of sulfonamides is 1. The predicted molar refractivity (Wildman–Crippen MR) is 152 cm³/mol. The number of fused-ring (bicyclic) bond motifs is 2. The zero-order valence-corrected chi connectivity index (χ0v) is 23.6. The summed E-state index contributed by atoms with van der Waals surface area (Å²) < 4.78 is 39.4. The molecule has 0 radical (unpaired) electrons. The summed E-state index contributed by atoms with van der Waals surface area (Å²) in [5, 5.41) is 30.9. The van der Waals surface area contributed by atoms with Crippen LogP contribution in [0.1, 0.15) is 41.9 Å². The fourth-order valence-corrected chi connectivity index (χ4v) is 6.46. The third-order valence-electron chi connectivity index (χ3n) is 7.97. The van der Waals surface area contributed by atoms with Crippen molar-refractivity contribution in [3.63, 3.8) is 0 Å². The average molecular weight is 609 g/mol. The molecule has 4 aromatic rings. The first-order valence-corrected chi connectivity index (χ1v) is 15.1. The van der Waals surface area contributed by atoms with Crippen LogP contribution in [0.4, 0.5) is 4.39 Å². The van der Waals surface area contributed by atoms with Gasteiger partial charge in [0.2, 0.25) is 21.8 Å². The summed E-state index contributed by atoms with van der Waals surface area (Å²) in [4.78, 5) is 28.1. The number of likely N-dealkylation sites (tertiary alicyclic amines) is 1. The van der Waals surface area contributed by atoms with Crippen molar-refractivity contribution in [3.8, 4) is 11.1 Å². The second kappa shape index (κ2) is 11.1. The normalized spacial score (nSPS) is 20.7. The number of hydrogen-bond acceptors (Lipinski definition) is 9. The van der Waals surface area contributed by atoms with Crippen molar-refractivity contribution >= 4 is 32.7 Å². The van der Waals surface area contributed by atoms with Gasteiger partial charge in [0, 0.05) is 17.4 Å². The number of halogens is 1. The maximum absolute atomic E-state index is 14.6. The first kappa shape index (κ1) is 28.8. The topological polar surface area (TPSA) is 199 Å². The Kier molecular flexibility index (Phi) is 7.41. The molecule has 2 aromatic carbocycles. The number of hydrogen-bond donors (Lipinski definition) is 4. The third-order valence-corrected chi connectivity index (χ3v) is 8.88. The van der Waals surface area contributed by atoms with Crippen LogP contribution < -0.4 is 16.2 Å². The number of primary sulfonamides is 1. The van der Waals surface area contributed by atoms with Crippen LogP contribution >= 0.6 is 0 Å². The van der Waals surface area contributed by atoms with E-state index in [9.17, 15) is 27.5 Å². The molecule has 1 aliphatic carbocycles. The van der Waals surface area contributed by atoms with E-state index in [1.54, 1.807) is 36.7 Å². The fourth-order valence-electron chi connectivity index (χ4n) is 5.90. The second-order valence-corrected chi connectivity index (χ2v) is 12.3. The Bertz CT molecular complexity index is 1830. The summed E-state index contributed by atoms with van der Waals surface area (Å²) in [6.45, 7) is -0.556. The minimum atomic E-state index is -3.86. The third kappa shape index (κ3) is 5.59. The maximum atomic E-state index is 14.6. The summed E-state index contributed by atoms with van der Waals surface area (Å²) in [6, 6.07) is 10.2. The van der Waals surface area contributed by atoms with Gasteiger partial charge < -0.3 is 21.1 Å². The summed E-state index contributed by atoms with van der Waals surface area (Å²) in [6.07, 6.45) is 1.24. The Morgan fingerprint density at radius 1 is 1.14 bits per heavy atom. The molecule has 3 heterocycles. The zero-order chi connectivity index (χ0) is 30.5. The lowest BCUT2D eigenvalue weighted by atomic mass is 10.0. The lowest BCUT2D eigenvalue weighted by Crippen LogP contribution is -2.47. The molecular formula is C28H29FN8O5S. The van der Waals surface area contributed by atoms with Gasteiger partial charge >= 0.3 is 0 Å². The number of nitrogens with two attached hydrogens (primary N) is 2. The standard InChI is InChI=1S/C28H29FN8O5S/c29-18-11-24(28(40)34-22-5-1-16-9-19(43(31,41)42)3-4-20(16)22)36(13-18)25(38)14-37-23-6-2-15(17-7-8-32-33-12-17)10-21(23)26(35-37)27(30)39/h2-4,6-10,12,18,22,24,27,39H,1,5,11,13-14,30H2,(H,34,40)(H2,31,41,42). The Hall–Kier alpha value is -4.31. The second-order valence-electron chi connectivity index (χ2n) is 10.8. The number of alkyl halides is 1. The molecule has 6 N–H and O–H groups in total. The highest BCUT2D eigenvalue weighted by Crippen LogP contribution is 2.34. The van der Waals surface area contributed by atoms with Gasteiger partial charge in [-0.15, -0.1) is 0 Å². The minimum absolute atomic E-state index is 0.00637. The van der Waals surface area contributed by atoms with Crippen LogP contribution in [0.25, 0.3) is 22.0 Å². The van der Waals surface area contributed by atoms with Crippen molar-refractivity contribution in [1.82, 2.24) is 30.2 Å². The van der Waals surface area contributed by atoms with Crippen molar-refractivity contribution in [2.24, 2.45) is 10.9 Å². The van der Waals surface area contributed by atoms with E-state index < -0.39 is 46.3 Å². The molecular weight excluding hydrogens is 579 g/mol. The number of aliphatic hydroxyl groups is 1. The molecule has 6 rings (SSSR count). The van der Waals surface area contributed by atoms with Crippen LogP contribution in [0.3, 0.4) is 0 Å². The van der Waals surface area contributed by atoms with Crippen molar-refractivity contribution in [1.29, 1.82) is 0 Å². The van der Waals surface area contributed by atoms with E-state index in [1.807, 2.05) is 6.07 Å². The number of benzene rings is 2. The number of carbonyl (C=O) groups excluding carboxylic acids is 2. The van der Waals surface area contributed by atoms with Gasteiger partial charge in [-0.1, -0.05) is 12.1 Å². The number of rotatable bonds is 7. The van der Waals surface area contributed by atoms with Gasteiger partial charge in [-0.2, -0.15) is 15.3 Å². The lowest BCUT2D eigenvalue weighted by Gasteiger charge is -2.25. The van der Waals surface area contributed by atoms with Crippen molar-refractivity contribution in [2.45, 2.75) is 55.2 Å². The predicted octanol–water partition coefficient (Wildman–Crippen LogP) is 0.833. The fraction of sp³-hybridized carbons (Fsp3) is 0.321. The number of nitrogens with one attached hydrogen (secondary N) is 1. The Morgan fingerprint density at radius 2 is 1.95 bits per heavy atom. The largest absolute Gasteiger partial charge is 0.373 e. The quantitative estimate of drug-likeness (QED) is 0.219. The minimum Gasteiger partial charge on any atom is -0.373 e. The molecule has 2 aromatic heterocycles. The van der Waals surface area contributed by atoms with Gasteiger partial charge in [0.25, 0.3) is 0 Å². The Labute approximate surface area is 245 Å². The number of carbonyl (C=O) groups is 2. The van der Waals surface area contributed by atoms with E-state index in [2.05, 4.69) is 20.6 Å². The van der Waals surface area contributed by atoms with Crippen LogP contribution in [0.2, 0.25) is 0 Å². The van der Waals surface area contributed by atoms with Crippen molar-refractivity contribution < 1.29 is 27.5 Å². The van der Waals surface area contributed by atoms with Crippen LogP contribution in [0.5, 0.6) is 0 Å². The first-order chi connectivity index (χ1) is 20.5. The molecule has 1 fully saturated rings. The van der Waals surface area contributed by atoms with Crippen LogP contribution in [-0.2, 0) is 32.6 Å². The molecule has 1 aliphatic heterocycles. The molecule has 15 heteroatoms. The van der Waals surface area contributed by atoms with E-state index in [0.717, 1.165) is 22.3 Å². The highest BCUT2D eigenvalue weighted by atomic mass is 32.2. The molecule has 2 aliphatic rings. The molecule has 0 spiro atoms. The molecule has 4 atom stereocenters. The van der Waals surface area contributed by atoms with Gasteiger partial charge in [-0.3, -0.25) is 14.3 Å². The molecule has 4 unspecified atom stereocenters. The summed E-state index contributed by atoms with van der Waals surface area (Å²) in [5.41, 5.74) is 9.54.